The molecule has 3 nitrogen and oxygen atoms in total. The minimum atomic E-state index is 0.0796. The van der Waals surface area contributed by atoms with Gasteiger partial charge in [0.05, 0.1) is 5.75 Å². The van der Waals surface area contributed by atoms with Crippen molar-refractivity contribution in [2.24, 2.45) is 35.1 Å². The number of carbonyl (C=O) groups excluding carboxylic acids is 1. The molecule has 0 spiro atoms. The topological polar surface area (TPSA) is 69.1 Å². The van der Waals surface area contributed by atoms with E-state index in [0.29, 0.717) is 17.5 Å². The fraction of sp³-hybridized carbons (Fsp3) is 0.870. The fourth-order valence-electron chi connectivity index (χ4n) is 3.67. The van der Waals surface area contributed by atoms with Gasteiger partial charge in [-0.1, -0.05) is 46.3 Å². The normalized spacial score (nSPS) is 25.7. The smallest absolute Gasteiger partial charge is 0.145 e. The van der Waals surface area contributed by atoms with Crippen LogP contribution < -0.4 is 11.5 Å². The third-order valence-corrected chi connectivity index (χ3v) is 6.59. The summed E-state index contributed by atoms with van der Waals surface area (Å²) in [5.74, 6) is 3.96. The molecule has 0 aromatic carbocycles. The summed E-state index contributed by atoms with van der Waals surface area (Å²) in [6.45, 7) is 11.5. The molecule has 4 N–H and O–H groups in total. The minimum Gasteiger partial charge on any atom is -0.331 e. The van der Waals surface area contributed by atoms with Gasteiger partial charge >= 0.3 is 0 Å². The standard InChI is InChI=1S/C13H25NOS.C8H14.C2H7N/c1-9(2)11-4-6-12(7-5-11)13(15)8-16-10(3)14;1-2-8-6-4-3-5-7-8;1-2-3/h9-12H,4-8,14H2,1-3H3;3-4,8H,2,5-7H2,1H3;2-3H2,1H3. The molecule has 2 atom stereocenters. The van der Waals surface area contributed by atoms with Gasteiger partial charge in [0.2, 0.25) is 0 Å². The zero-order chi connectivity index (χ0) is 20.7. The highest BCUT2D eigenvalue weighted by Gasteiger charge is 2.27. The molecule has 2 aliphatic carbocycles. The quantitative estimate of drug-likeness (QED) is 0.440. The minimum absolute atomic E-state index is 0.0796. The van der Waals surface area contributed by atoms with Gasteiger partial charge in [0.25, 0.3) is 0 Å². The second-order valence-corrected chi connectivity index (χ2v) is 9.67. The third kappa shape index (κ3) is 13.5. The number of rotatable bonds is 6. The number of ketones is 1. The number of allylic oxidation sites excluding steroid dienone is 2. The van der Waals surface area contributed by atoms with Crippen molar-refractivity contribution in [1.82, 2.24) is 0 Å². The first-order valence-corrected chi connectivity index (χ1v) is 12.1. The summed E-state index contributed by atoms with van der Waals surface area (Å²) in [5, 5.41) is 0.0796. The van der Waals surface area contributed by atoms with E-state index >= 15 is 0 Å². The molecule has 0 saturated heterocycles. The molecule has 160 valence electrons. The molecule has 2 aliphatic rings. The van der Waals surface area contributed by atoms with Gasteiger partial charge in [-0.25, -0.2) is 0 Å². The van der Waals surface area contributed by atoms with Crippen molar-refractivity contribution in [1.29, 1.82) is 0 Å². The van der Waals surface area contributed by atoms with Gasteiger partial charge in [-0.2, -0.15) is 0 Å². The van der Waals surface area contributed by atoms with Crippen molar-refractivity contribution in [2.45, 2.75) is 91.4 Å². The third-order valence-electron chi connectivity index (χ3n) is 5.61. The van der Waals surface area contributed by atoms with Crippen LogP contribution in [0.4, 0.5) is 0 Å². The van der Waals surface area contributed by atoms with E-state index in [2.05, 4.69) is 32.9 Å². The molecule has 0 radical (unpaired) electrons. The van der Waals surface area contributed by atoms with E-state index in [1.165, 1.54) is 38.5 Å². The summed E-state index contributed by atoms with van der Waals surface area (Å²) in [7, 11) is 0. The number of nitrogens with two attached hydrogens (primary N) is 2. The highest BCUT2D eigenvalue weighted by atomic mass is 32.2. The van der Waals surface area contributed by atoms with E-state index < -0.39 is 0 Å². The van der Waals surface area contributed by atoms with Crippen LogP contribution >= 0.6 is 11.8 Å². The summed E-state index contributed by atoms with van der Waals surface area (Å²) in [6.07, 6.45) is 14.7. The lowest BCUT2D eigenvalue weighted by Gasteiger charge is -2.30. The Morgan fingerprint density at radius 2 is 1.67 bits per heavy atom. The Bertz CT molecular complexity index is 388. The summed E-state index contributed by atoms with van der Waals surface area (Å²) >= 11 is 1.57. The maximum atomic E-state index is 11.9. The van der Waals surface area contributed by atoms with Crippen molar-refractivity contribution in [2.75, 3.05) is 12.3 Å². The van der Waals surface area contributed by atoms with Gasteiger partial charge in [-0.3, -0.25) is 4.79 Å². The maximum absolute atomic E-state index is 11.9. The van der Waals surface area contributed by atoms with Gasteiger partial charge in [-0.15, -0.1) is 11.8 Å². The molecular weight excluding hydrogens is 352 g/mol. The second kappa shape index (κ2) is 16.6. The average Bonchev–Trinajstić information content (AvgIpc) is 2.68. The Kier molecular flexibility index (Phi) is 16.4. The zero-order valence-electron chi connectivity index (χ0n) is 18.6. The summed E-state index contributed by atoms with van der Waals surface area (Å²) < 4.78 is 0. The first-order chi connectivity index (χ1) is 12.8. The number of hydrogen-bond acceptors (Lipinski definition) is 4. The van der Waals surface area contributed by atoms with Crippen LogP contribution in [0.1, 0.15) is 86.0 Å². The summed E-state index contributed by atoms with van der Waals surface area (Å²) in [6, 6.07) is 0. The van der Waals surface area contributed by atoms with Crippen molar-refractivity contribution >= 4 is 17.5 Å². The maximum Gasteiger partial charge on any atom is 0.145 e. The van der Waals surface area contributed by atoms with E-state index in [0.717, 1.165) is 37.1 Å². The lowest BCUT2D eigenvalue weighted by Crippen LogP contribution is -2.26. The second-order valence-electron chi connectivity index (χ2n) is 8.31. The number of hydrogen-bond donors (Lipinski definition) is 2. The van der Waals surface area contributed by atoms with Crippen LogP contribution in [0.3, 0.4) is 0 Å². The molecule has 4 heteroatoms. The van der Waals surface area contributed by atoms with Crippen molar-refractivity contribution in [3.63, 3.8) is 0 Å². The average molecular weight is 399 g/mol. The van der Waals surface area contributed by atoms with E-state index in [1.807, 2.05) is 13.8 Å². The van der Waals surface area contributed by atoms with Crippen molar-refractivity contribution in [3.05, 3.63) is 12.2 Å². The van der Waals surface area contributed by atoms with E-state index in [-0.39, 0.29) is 5.37 Å². The molecule has 1 saturated carbocycles. The summed E-state index contributed by atoms with van der Waals surface area (Å²) in [4.78, 5) is 11.9. The molecule has 27 heavy (non-hydrogen) atoms. The molecule has 0 amide bonds. The Morgan fingerprint density at radius 3 is 2.04 bits per heavy atom. The van der Waals surface area contributed by atoms with Crippen LogP contribution in [0.5, 0.6) is 0 Å². The zero-order valence-corrected chi connectivity index (χ0v) is 19.4. The van der Waals surface area contributed by atoms with E-state index in [4.69, 9.17) is 11.5 Å². The molecule has 0 aromatic heterocycles. The van der Waals surface area contributed by atoms with Gasteiger partial charge in [0.1, 0.15) is 5.78 Å². The monoisotopic (exact) mass is 398 g/mol. The number of Topliss-reactive ketones (excluding diaryl/α,β-unsaturated/α-hetero) is 1. The number of carbonyl (C=O) groups is 1. The van der Waals surface area contributed by atoms with Crippen molar-refractivity contribution < 1.29 is 4.79 Å². The Morgan fingerprint density at radius 1 is 1.07 bits per heavy atom. The lowest BCUT2D eigenvalue weighted by molar-refractivity contribution is -0.121. The van der Waals surface area contributed by atoms with E-state index in [9.17, 15) is 4.79 Å². The first kappa shape index (κ1) is 26.7. The molecule has 1 fully saturated rings. The van der Waals surface area contributed by atoms with Crippen molar-refractivity contribution in [3.8, 4) is 0 Å². The van der Waals surface area contributed by atoms with Gasteiger partial charge in [0, 0.05) is 11.3 Å². The highest BCUT2D eigenvalue weighted by molar-refractivity contribution is 8.00. The highest BCUT2D eigenvalue weighted by Crippen LogP contribution is 2.34. The molecule has 0 aliphatic heterocycles. The molecule has 0 aromatic rings. The summed E-state index contributed by atoms with van der Waals surface area (Å²) in [5.41, 5.74) is 10.5. The molecule has 0 heterocycles. The fourth-order valence-corrected chi connectivity index (χ4v) is 4.33. The molecule has 2 rings (SSSR count). The van der Waals surface area contributed by atoms with Crippen LogP contribution in [0.2, 0.25) is 0 Å². The van der Waals surface area contributed by atoms with Crippen LogP contribution in [0.15, 0.2) is 12.2 Å². The Labute approximate surface area is 173 Å². The largest absolute Gasteiger partial charge is 0.331 e. The molecule has 2 unspecified atom stereocenters. The predicted molar refractivity (Wildman–Crippen MR) is 123 cm³/mol. The Balaban J connectivity index is 0.000000509. The number of thioether (sulfide) groups is 1. The first-order valence-electron chi connectivity index (χ1n) is 11.1. The molecular formula is C23H46N2OS. The SMILES string of the molecule is CC(N)SCC(=O)C1CCC(C(C)C)CC1.CCC1CC=CCC1.CCN. The van der Waals surface area contributed by atoms with E-state index in [1.54, 1.807) is 11.8 Å². The Hall–Kier alpha value is -0.320. The van der Waals surface area contributed by atoms with Crippen LogP contribution in [-0.4, -0.2) is 23.5 Å². The predicted octanol–water partition coefficient (Wildman–Crippen LogP) is 5.77. The van der Waals surface area contributed by atoms with Gasteiger partial charge in [-0.05, 0) is 76.2 Å². The van der Waals surface area contributed by atoms with Crippen LogP contribution in [0, 0.1) is 23.7 Å². The molecule has 0 bridgehead atoms. The van der Waals surface area contributed by atoms with Gasteiger partial charge < -0.3 is 11.5 Å². The van der Waals surface area contributed by atoms with Gasteiger partial charge in [0.15, 0.2) is 0 Å². The lowest BCUT2D eigenvalue weighted by atomic mass is 9.76. The van der Waals surface area contributed by atoms with Crippen LogP contribution in [-0.2, 0) is 4.79 Å². The van der Waals surface area contributed by atoms with Crippen LogP contribution in [0.25, 0.3) is 0 Å².